The van der Waals surface area contributed by atoms with Gasteiger partial charge in [-0.25, -0.2) is 14.2 Å². The zero-order valence-corrected chi connectivity index (χ0v) is 12.1. The molecule has 1 aromatic carbocycles. The second-order valence-electron chi connectivity index (χ2n) is 4.54. The largest absolute Gasteiger partial charge is 0.464 e. The molecule has 0 spiro atoms. The molecule has 2 heterocycles. The van der Waals surface area contributed by atoms with Crippen LogP contribution in [0.15, 0.2) is 34.9 Å². The third kappa shape index (κ3) is 2.27. The van der Waals surface area contributed by atoms with Crippen LogP contribution < -0.4 is 5.73 Å². The van der Waals surface area contributed by atoms with Gasteiger partial charge in [0.1, 0.15) is 11.4 Å². The van der Waals surface area contributed by atoms with Crippen molar-refractivity contribution >= 4 is 34.2 Å². The number of rotatable bonds is 2. The van der Waals surface area contributed by atoms with Gasteiger partial charge in [-0.3, -0.25) is 0 Å². The fourth-order valence-electron chi connectivity index (χ4n) is 2.10. The minimum absolute atomic E-state index is 0.0274. The van der Waals surface area contributed by atoms with Crippen molar-refractivity contribution < 1.29 is 18.3 Å². The molecular weight excluding hydrogens is 311 g/mol. The molecule has 0 radical (unpaired) electrons. The number of carbonyl (C=O) groups excluding carboxylic acids is 1. The summed E-state index contributed by atoms with van der Waals surface area (Å²) in [6, 6.07) is 5.90. The summed E-state index contributed by atoms with van der Waals surface area (Å²) in [4.78, 5) is 15.8. The highest BCUT2D eigenvalue weighted by Crippen LogP contribution is 2.32. The highest BCUT2D eigenvalue weighted by atomic mass is 35.5. The lowest BCUT2D eigenvalue weighted by atomic mass is 10.1. The Kier molecular flexibility index (Phi) is 3.46. The van der Waals surface area contributed by atoms with Crippen LogP contribution in [0.25, 0.3) is 22.2 Å². The number of carbonyl (C=O) groups is 1. The van der Waals surface area contributed by atoms with E-state index in [0.29, 0.717) is 11.0 Å². The van der Waals surface area contributed by atoms with E-state index in [4.69, 9.17) is 21.8 Å². The van der Waals surface area contributed by atoms with E-state index in [-0.39, 0.29) is 27.7 Å². The lowest BCUT2D eigenvalue weighted by Gasteiger charge is -2.09. The summed E-state index contributed by atoms with van der Waals surface area (Å²) in [7, 11) is 1.20. The molecule has 0 fully saturated rings. The number of nitrogens with zero attached hydrogens (tertiary/aromatic N) is 1. The summed E-state index contributed by atoms with van der Waals surface area (Å²) in [5.41, 5.74) is 6.50. The van der Waals surface area contributed by atoms with E-state index in [2.05, 4.69) is 9.72 Å². The van der Waals surface area contributed by atoms with E-state index in [1.165, 1.54) is 25.5 Å². The number of furan rings is 1. The lowest BCUT2D eigenvalue weighted by Crippen LogP contribution is -2.08. The first-order valence-electron chi connectivity index (χ1n) is 6.22. The van der Waals surface area contributed by atoms with Crippen LogP contribution in [-0.4, -0.2) is 18.1 Å². The molecule has 0 aliphatic carbocycles. The Morgan fingerprint density at radius 1 is 1.41 bits per heavy atom. The molecule has 0 saturated heterocycles. The standard InChI is InChI=1S/C15H10ClFN2O3/c1-21-15(20)14-13(16)10(18)6-11(19-14)8-4-7-2-3-22-12(7)5-9(8)17/h2-6H,1H3,(H2,18,19). The van der Waals surface area contributed by atoms with E-state index in [1.54, 1.807) is 12.1 Å². The van der Waals surface area contributed by atoms with E-state index < -0.39 is 11.8 Å². The van der Waals surface area contributed by atoms with Crippen LogP contribution in [-0.2, 0) is 4.74 Å². The molecule has 3 aromatic rings. The number of halogens is 2. The van der Waals surface area contributed by atoms with Gasteiger partial charge in [-0.2, -0.15) is 0 Å². The normalized spacial score (nSPS) is 10.9. The molecule has 112 valence electrons. The number of aromatic nitrogens is 1. The van der Waals surface area contributed by atoms with Crippen molar-refractivity contribution in [1.82, 2.24) is 4.98 Å². The van der Waals surface area contributed by atoms with Crippen molar-refractivity contribution in [3.05, 3.63) is 47.1 Å². The smallest absolute Gasteiger partial charge is 0.358 e. The third-order valence-corrected chi connectivity index (χ3v) is 3.58. The zero-order valence-electron chi connectivity index (χ0n) is 11.4. The maximum absolute atomic E-state index is 14.2. The van der Waals surface area contributed by atoms with Crippen LogP contribution >= 0.6 is 11.6 Å². The van der Waals surface area contributed by atoms with Gasteiger partial charge < -0.3 is 14.9 Å². The summed E-state index contributed by atoms with van der Waals surface area (Å²) in [6.07, 6.45) is 1.46. The first-order valence-corrected chi connectivity index (χ1v) is 6.60. The molecule has 5 nitrogen and oxygen atoms in total. The number of anilines is 1. The Balaban J connectivity index is 2.23. The van der Waals surface area contributed by atoms with Gasteiger partial charge in [0.25, 0.3) is 0 Å². The van der Waals surface area contributed by atoms with E-state index in [9.17, 15) is 9.18 Å². The summed E-state index contributed by atoms with van der Waals surface area (Å²) < 4.78 is 24.0. The Hall–Kier alpha value is -2.60. The number of esters is 1. The van der Waals surface area contributed by atoms with Crippen LogP contribution in [0.2, 0.25) is 5.02 Å². The molecule has 0 saturated carbocycles. The number of methoxy groups -OCH3 is 1. The Bertz CT molecular complexity index is 892. The minimum atomic E-state index is -0.747. The summed E-state index contributed by atoms with van der Waals surface area (Å²) in [6.45, 7) is 0. The molecule has 0 bridgehead atoms. The summed E-state index contributed by atoms with van der Waals surface area (Å²) in [5, 5.41) is 0.673. The van der Waals surface area contributed by atoms with Gasteiger partial charge in [-0.15, -0.1) is 0 Å². The predicted octanol–water partition coefficient (Wildman–Crippen LogP) is 3.66. The average Bonchev–Trinajstić information content (AvgIpc) is 2.95. The average molecular weight is 321 g/mol. The number of hydrogen-bond donors (Lipinski definition) is 1. The molecule has 3 rings (SSSR count). The molecular formula is C15H10ClFN2O3. The van der Waals surface area contributed by atoms with Crippen molar-refractivity contribution in [2.75, 3.05) is 12.8 Å². The molecule has 2 aromatic heterocycles. The van der Waals surface area contributed by atoms with Crippen LogP contribution in [0.1, 0.15) is 10.5 Å². The fraction of sp³-hybridized carbons (Fsp3) is 0.0667. The number of nitrogen functional groups attached to an aromatic ring is 1. The Morgan fingerprint density at radius 3 is 2.91 bits per heavy atom. The molecule has 0 unspecified atom stereocenters. The SMILES string of the molecule is COC(=O)c1nc(-c2cc3ccoc3cc2F)cc(N)c1Cl. The number of ether oxygens (including phenoxy) is 1. The highest BCUT2D eigenvalue weighted by Gasteiger charge is 2.19. The van der Waals surface area contributed by atoms with Crippen molar-refractivity contribution in [3.63, 3.8) is 0 Å². The Morgan fingerprint density at radius 2 is 2.18 bits per heavy atom. The summed E-state index contributed by atoms with van der Waals surface area (Å²) >= 11 is 5.95. The third-order valence-electron chi connectivity index (χ3n) is 3.18. The van der Waals surface area contributed by atoms with Gasteiger partial charge in [0.15, 0.2) is 5.69 Å². The van der Waals surface area contributed by atoms with Crippen LogP contribution in [0.3, 0.4) is 0 Å². The molecule has 2 N–H and O–H groups in total. The molecule has 0 aliphatic rings. The van der Waals surface area contributed by atoms with Gasteiger partial charge in [0.2, 0.25) is 0 Å². The number of nitrogens with two attached hydrogens (primary N) is 1. The highest BCUT2D eigenvalue weighted by molar-refractivity contribution is 6.35. The van der Waals surface area contributed by atoms with Gasteiger partial charge in [-0.05, 0) is 18.2 Å². The second kappa shape index (κ2) is 5.31. The molecule has 7 heteroatoms. The van der Waals surface area contributed by atoms with E-state index in [1.807, 2.05) is 0 Å². The van der Waals surface area contributed by atoms with Gasteiger partial charge in [0.05, 0.1) is 29.8 Å². The molecule has 0 atom stereocenters. The quantitative estimate of drug-likeness (QED) is 0.729. The van der Waals surface area contributed by atoms with Crippen LogP contribution in [0.4, 0.5) is 10.1 Å². The Labute approximate surface area is 129 Å². The number of hydrogen-bond acceptors (Lipinski definition) is 5. The van der Waals surface area contributed by atoms with E-state index in [0.717, 1.165) is 0 Å². The first-order chi connectivity index (χ1) is 10.5. The topological polar surface area (TPSA) is 78.3 Å². The molecule has 22 heavy (non-hydrogen) atoms. The number of pyridine rings is 1. The van der Waals surface area contributed by atoms with Gasteiger partial charge in [0, 0.05) is 17.0 Å². The van der Waals surface area contributed by atoms with Crippen LogP contribution in [0, 0.1) is 5.82 Å². The second-order valence-corrected chi connectivity index (χ2v) is 4.92. The minimum Gasteiger partial charge on any atom is -0.464 e. The number of fused-ring (bicyclic) bond motifs is 1. The molecule has 0 aliphatic heterocycles. The van der Waals surface area contributed by atoms with Crippen LogP contribution in [0.5, 0.6) is 0 Å². The van der Waals surface area contributed by atoms with Crippen molar-refractivity contribution in [1.29, 1.82) is 0 Å². The summed E-state index contributed by atoms with van der Waals surface area (Å²) in [5.74, 6) is -1.30. The van der Waals surface area contributed by atoms with Gasteiger partial charge >= 0.3 is 5.97 Å². The first kappa shape index (κ1) is 14.3. The van der Waals surface area contributed by atoms with Crippen molar-refractivity contribution in [3.8, 4) is 11.3 Å². The lowest BCUT2D eigenvalue weighted by molar-refractivity contribution is 0.0594. The maximum Gasteiger partial charge on any atom is 0.358 e. The molecule has 0 amide bonds. The van der Waals surface area contributed by atoms with Gasteiger partial charge in [-0.1, -0.05) is 11.6 Å². The monoisotopic (exact) mass is 320 g/mol. The van der Waals surface area contributed by atoms with Crippen molar-refractivity contribution in [2.45, 2.75) is 0 Å². The fourth-order valence-corrected chi connectivity index (χ4v) is 2.27. The maximum atomic E-state index is 14.2. The van der Waals surface area contributed by atoms with E-state index >= 15 is 0 Å². The zero-order chi connectivity index (χ0) is 15.9. The number of benzene rings is 1. The van der Waals surface area contributed by atoms with Crippen molar-refractivity contribution in [2.24, 2.45) is 0 Å². The predicted molar refractivity (Wildman–Crippen MR) is 80.2 cm³/mol.